The molecule has 1 nitrogen and oxygen atoms in total. The minimum absolute atomic E-state index is 0.131. The van der Waals surface area contributed by atoms with Crippen LogP contribution in [0.2, 0.25) is 0 Å². The van der Waals surface area contributed by atoms with Gasteiger partial charge >= 0.3 is 0 Å². The van der Waals surface area contributed by atoms with Gasteiger partial charge in [0.25, 0.3) is 0 Å². The predicted octanol–water partition coefficient (Wildman–Crippen LogP) is 2.57. The van der Waals surface area contributed by atoms with Crippen molar-refractivity contribution in [3.8, 4) is 0 Å². The van der Waals surface area contributed by atoms with Gasteiger partial charge in [-0.3, -0.25) is 4.79 Å². The number of hydrogen-bond donors (Lipinski definition) is 0. The lowest BCUT2D eigenvalue weighted by Gasteiger charge is -2.12. The molecule has 0 spiro atoms. The summed E-state index contributed by atoms with van der Waals surface area (Å²) in [6.45, 7) is 8.26. The van der Waals surface area contributed by atoms with Crippen molar-refractivity contribution in [2.45, 2.75) is 34.1 Å². The number of aldehydes is 1. The molecule has 1 heteroatoms. The average Bonchev–Trinajstić information content (AvgIpc) is 1.81. The van der Waals surface area contributed by atoms with Crippen molar-refractivity contribution in [3.05, 3.63) is 11.6 Å². The Bertz CT molecular complexity index is 137. The van der Waals surface area contributed by atoms with Crippen LogP contribution in [-0.2, 0) is 4.79 Å². The third-order valence-corrected chi connectivity index (χ3v) is 1.18. The second-order valence-electron chi connectivity index (χ2n) is 3.56. The zero-order valence-electron chi connectivity index (χ0n) is 7.27. The van der Waals surface area contributed by atoms with E-state index in [0.717, 1.165) is 18.3 Å². The molecule has 0 aromatic heterocycles. The van der Waals surface area contributed by atoms with Gasteiger partial charge in [0, 0.05) is 0 Å². The van der Waals surface area contributed by atoms with E-state index in [1.165, 1.54) is 0 Å². The molecule has 0 aliphatic heterocycles. The average molecular weight is 140 g/mol. The van der Waals surface area contributed by atoms with E-state index in [9.17, 15) is 4.79 Å². The van der Waals surface area contributed by atoms with Crippen LogP contribution < -0.4 is 0 Å². The lowest BCUT2D eigenvalue weighted by Crippen LogP contribution is -2.01. The molecule has 0 amide bonds. The number of allylic oxidation sites excluding steroid dienone is 2. The van der Waals surface area contributed by atoms with Crippen molar-refractivity contribution in [2.24, 2.45) is 5.41 Å². The first kappa shape index (κ1) is 9.41. The van der Waals surface area contributed by atoms with Crippen molar-refractivity contribution in [3.63, 3.8) is 0 Å². The topological polar surface area (TPSA) is 17.1 Å². The first-order valence-electron chi connectivity index (χ1n) is 3.66. The maximum Gasteiger partial charge on any atom is 0.145 e. The fraction of sp³-hybridized carbons (Fsp3) is 0.667. The molecule has 0 aromatic carbocycles. The van der Waals surface area contributed by atoms with Crippen molar-refractivity contribution >= 4 is 6.29 Å². The summed E-state index contributed by atoms with van der Waals surface area (Å²) in [5.74, 6) is 0. The molecule has 0 aliphatic carbocycles. The van der Waals surface area contributed by atoms with Gasteiger partial charge in [0.15, 0.2) is 0 Å². The Balaban J connectivity index is 4.24. The lowest BCUT2D eigenvalue weighted by atomic mass is 9.93. The maximum absolute atomic E-state index is 10.3. The van der Waals surface area contributed by atoms with Crippen molar-refractivity contribution < 1.29 is 4.79 Å². The molecule has 0 rings (SSSR count). The Labute approximate surface area is 63.1 Å². The number of hydrogen-bond acceptors (Lipinski definition) is 1. The van der Waals surface area contributed by atoms with Gasteiger partial charge in [-0.2, -0.15) is 0 Å². The van der Waals surface area contributed by atoms with E-state index >= 15 is 0 Å². The van der Waals surface area contributed by atoms with Crippen LogP contribution >= 0.6 is 0 Å². The number of carbonyl (C=O) groups excluding carboxylic acids is 1. The molecular weight excluding hydrogens is 124 g/mol. The van der Waals surface area contributed by atoms with Crippen LogP contribution in [0.3, 0.4) is 0 Å². The number of rotatable bonds is 2. The molecule has 0 radical (unpaired) electrons. The van der Waals surface area contributed by atoms with Crippen LogP contribution in [-0.4, -0.2) is 6.29 Å². The summed E-state index contributed by atoms with van der Waals surface area (Å²) < 4.78 is 0. The molecule has 0 atom stereocenters. The molecular formula is C9H16O. The molecule has 0 heterocycles. The van der Waals surface area contributed by atoms with Gasteiger partial charge in [-0.1, -0.05) is 33.8 Å². The third kappa shape index (κ3) is 4.30. The normalized spacial score (nSPS) is 13.4. The first-order chi connectivity index (χ1) is 4.49. The fourth-order valence-electron chi connectivity index (χ4n) is 0.776. The highest BCUT2D eigenvalue weighted by Gasteiger charge is 2.06. The van der Waals surface area contributed by atoms with E-state index in [1.807, 2.05) is 13.0 Å². The highest BCUT2D eigenvalue weighted by Crippen LogP contribution is 2.17. The van der Waals surface area contributed by atoms with Crippen molar-refractivity contribution in [1.29, 1.82) is 0 Å². The molecule has 0 N–H and O–H groups in total. The molecule has 0 fully saturated rings. The van der Waals surface area contributed by atoms with Crippen LogP contribution in [0.4, 0.5) is 0 Å². The zero-order chi connectivity index (χ0) is 8.20. The van der Waals surface area contributed by atoms with Gasteiger partial charge in [-0.25, -0.2) is 0 Å². The van der Waals surface area contributed by atoms with E-state index in [1.54, 1.807) is 0 Å². The predicted molar refractivity (Wildman–Crippen MR) is 43.9 cm³/mol. The molecule has 0 aromatic rings. The maximum atomic E-state index is 10.3. The van der Waals surface area contributed by atoms with Gasteiger partial charge < -0.3 is 0 Å². The second kappa shape index (κ2) is 3.55. The summed E-state index contributed by atoms with van der Waals surface area (Å²) >= 11 is 0. The smallest absolute Gasteiger partial charge is 0.145 e. The van der Waals surface area contributed by atoms with Crippen LogP contribution in [0.25, 0.3) is 0 Å². The molecule has 0 aliphatic rings. The third-order valence-electron chi connectivity index (χ3n) is 1.18. The van der Waals surface area contributed by atoms with Gasteiger partial charge in [0.2, 0.25) is 0 Å². The van der Waals surface area contributed by atoms with Crippen LogP contribution in [0.5, 0.6) is 0 Å². The highest BCUT2D eigenvalue weighted by atomic mass is 16.1. The minimum atomic E-state index is 0.131. The zero-order valence-corrected chi connectivity index (χ0v) is 7.27. The quantitative estimate of drug-likeness (QED) is 0.425. The van der Waals surface area contributed by atoms with E-state index in [4.69, 9.17) is 0 Å². The summed E-state index contributed by atoms with van der Waals surface area (Å²) in [6.07, 6.45) is 3.78. The Morgan fingerprint density at radius 2 is 1.90 bits per heavy atom. The largest absolute Gasteiger partial charge is 0.298 e. The van der Waals surface area contributed by atoms with Gasteiger partial charge in [-0.05, 0) is 17.4 Å². The summed E-state index contributed by atoms with van der Waals surface area (Å²) in [4.78, 5) is 10.3. The van der Waals surface area contributed by atoms with Crippen LogP contribution in [0.15, 0.2) is 11.6 Å². The van der Waals surface area contributed by atoms with Crippen molar-refractivity contribution in [2.75, 3.05) is 0 Å². The molecule has 0 saturated carbocycles. The molecule has 58 valence electrons. The van der Waals surface area contributed by atoms with Crippen molar-refractivity contribution in [1.82, 2.24) is 0 Å². The summed E-state index contributed by atoms with van der Waals surface area (Å²) in [7, 11) is 0. The molecule has 0 bridgehead atoms. The standard InChI is InChI=1S/C9H16O/c1-5-8(7-10)6-9(2,3)4/h6-7H,5H2,1-4H3/b8-6+. The fourth-order valence-corrected chi connectivity index (χ4v) is 0.776. The van der Waals surface area contributed by atoms with Gasteiger partial charge in [0.1, 0.15) is 6.29 Å². The Hall–Kier alpha value is -0.590. The Kier molecular flexibility index (Phi) is 3.34. The van der Waals surface area contributed by atoms with E-state index in [2.05, 4.69) is 20.8 Å². The highest BCUT2D eigenvalue weighted by molar-refractivity contribution is 5.73. The molecule has 0 unspecified atom stereocenters. The van der Waals surface area contributed by atoms with E-state index in [0.29, 0.717) is 0 Å². The minimum Gasteiger partial charge on any atom is -0.298 e. The van der Waals surface area contributed by atoms with Gasteiger partial charge in [-0.15, -0.1) is 0 Å². The Morgan fingerprint density at radius 1 is 1.40 bits per heavy atom. The molecule has 10 heavy (non-hydrogen) atoms. The summed E-state index contributed by atoms with van der Waals surface area (Å²) in [5, 5.41) is 0. The van der Waals surface area contributed by atoms with Crippen LogP contribution in [0.1, 0.15) is 34.1 Å². The Morgan fingerprint density at radius 3 is 2.00 bits per heavy atom. The lowest BCUT2D eigenvalue weighted by molar-refractivity contribution is -0.105. The van der Waals surface area contributed by atoms with E-state index < -0.39 is 0 Å². The van der Waals surface area contributed by atoms with Gasteiger partial charge in [0.05, 0.1) is 0 Å². The first-order valence-corrected chi connectivity index (χ1v) is 3.66. The SMILES string of the molecule is CC/C(C=O)=C\C(C)(C)C. The van der Waals surface area contributed by atoms with Crippen LogP contribution in [0, 0.1) is 5.41 Å². The molecule has 0 saturated heterocycles. The number of carbonyl (C=O) groups is 1. The second-order valence-corrected chi connectivity index (χ2v) is 3.56. The van der Waals surface area contributed by atoms with E-state index in [-0.39, 0.29) is 5.41 Å². The summed E-state index contributed by atoms with van der Waals surface area (Å²) in [5.41, 5.74) is 1.03. The monoisotopic (exact) mass is 140 g/mol. The summed E-state index contributed by atoms with van der Waals surface area (Å²) in [6, 6.07) is 0.